The maximum atomic E-state index is 13.2. The quantitative estimate of drug-likeness (QED) is 0.638. The van der Waals surface area contributed by atoms with Gasteiger partial charge in [0.25, 0.3) is 0 Å². The Bertz CT molecular complexity index is 1270. The highest BCUT2D eigenvalue weighted by atomic mass is 32.2. The lowest BCUT2D eigenvalue weighted by molar-refractivity contribution is -0.120. The van der Waals surface area contributed by atoms with Crippen LogP contribution in [0.1, 0.15) is 25.3 Å². The molecule has 1 aromatic heterocycles. The zero-order chi connectivity index (χ0) is 22.0. The summed E-state index contributed by atoms with van der Waals surface area (Å²) in [6, 6.07) is 15.3. The minimum atomic E-state index is -3.75. The first-order valence-corrected chi connectivity index (χ1v) is 11.8. The second-order valence-electron chi connectivity index (χ2n) is 7.81. The van der Waals surface area contributed by atoms with Gasteiger partial charge in [-0.25, -0.2) is 8.42 Å². The predicted molar refractivity (Wildman–Crippen MR) is 121 cm³/mol. The average molecular weight is 440 g/mol. The molecule has 0 bridgehead atoms. The first-order valence-electron chi connectivity index (χ1n) is 10.4. The molecular formula is C23H25N3O4S. The first kappa shape index (κ1) is 21.3. The Labute approximate surface area is 181 Å². The van der Waals surface area contributed by atoms with Crippen molar-refractivity contribution in [2.24, 2.45) is 5.92 Å². The summed E-state index contributed by atoms with van der Waals surface area (Å²) in [6.45, 7) is 2.59. The highest BCUT2D eigenvalue weighted by Crippen LogP contribution is 2.26. The first-order chi connectivity index (χ1) is 14.9. The summed E-state index contributed by atoms with van der Waals surface area (Å²) >= 11 is 0. The number of aromatic nitrogens is 1. The van der Waals surface area contributed by atoms with E-state index in [0.717, 1.165) is 6.42 Å². The number of aromatic amines is 1. The Kier molecular flexibility index (Phi) is 5.93. The van der Waals surface area contributed by atoms with Gasteiger partial charge in [-0.2, -0.15) is 4.31 Å². The molecule has 0 unspecified atom stereocenters. The molecule has 0 radical (unpaired) electrons. The molecule has 8 heteroatoms. The molecular weight excluding hydrogens is 414 g/mol. The summed E-state index contributed by atoms with van der Waals surface area (Å²) < 4.78 is 27.8. The van der Waals surface area contributed by atoms with Gasteiger partial charge in [0.2, 0.25) is 21.5 Å². The van der Waals surface area contributed by atoms with Gasteiger partial charge >= 0.3 is 0 Å². The second-order valence-corrected chi connectivity index (χ2v) is 9.75. The number of H-pyrrole nitrogens is 1. The van der Waals surface area contributed by atoms with Crippen LogP contribution in [0.4, 0.5) is 5.69 Å². The van der Waals surface area contributed by atoms with Crippen molar-refractivity contribution < 1.29 is 13.2 Å². The van der Waals surface area contributed by atoms with E-state index in [2.05, 4.69) is 17.2 Å². The number of amides is 1. The van der Waals surface area contributed by atoms with Gasteiger partial charge in [0.15, 0.2) is 0 Å². The van der Waals surface area contributed by atoms with Gasteiger partial charge in [-0.3, -0.25) is 9.59 Å². The molecule has 31 heavy (non-hydrogen) atoms. The van der Waals surface area contributed by atoms with Crippen LogP contribution < -0.4 is 10.9 Å². The molecule has 162 valence electrons. The molecule has 1 amide bonds. The van der Waals surface area contributed by atoms with E-state index >= 15 is 0 Å². The van der Waals surface area contributed by atoms with Crippen molar-refractivity contribution in [1.82, 2.24) is 9.29 Å². The Morgan fingerprint density at radius 2 is 1.90 bits per heavy atom. The van der Waals surface area contributed by atoms with Gasteiger partial charge in [-0.15, -0.1) is 0 Å². The van der Waals surface area contributed by atoms with E-state index < -0.39 is 15.9 Å². The van der Waals surface area contributed by atoms with Crippen LogP contribution in [-0.4, -0.2) is 36.7 Å². The maximum Gasteiger partial charge on any atom is 0.248 e. The number of carbonyl (C=O) groups excluding carboxylic acids is 1. The molecule has 0 saturated carbocycles. The highest BCUT2D eigenvalue weighted by molar-refractivity contribution is 7.89. The lowest BCUT2D eigenvalue weighted by Crippen LogP contribution is -2.43. The van der Waals surface area contributed by atoms with E-state index in [4.69, 9.17) is 0 Å². The fraction of sp³-hybridized carbons (Fsp3) is 0.304. The SMILES string of the molecule is CCc1ccc(NC(=O)[C@H]2CCCN(S(=O)(=O)c3ccc4[nH]c(=O)ccc4c3)C2)cc1. The monoisotopic (exact) mass is 439 g/mol. The summed E-state index contributed by atoms with van der Waals surface area (Å²) in [5, 5.41) is 3.55. The Hall–Kier alpha value is -2.97. The molecule has 1 fully saturated rings. The molecule has 4 rings (SSSR count). The number of carbonyl (C=O) groups is 1. The Morgan fingerprint density at radius 1 is 1.13 bits per heavy atom. The van der Waals surface area contributed by atoms with Gasteiger partial charge < -0.3 is 10.3 Å². The molecule has 2 aromatic carbocycles. The third-order valence-electron chi connectivity index (χ3n) is 5.72. The van der Waals surface area contributed by atoms with Crippen molar-refractivity contribution >= 4 is 32.5 Å². The van der Waals surface area contributed by atoms with Gasteiger partial charge in [-0.05, 0) is 66.6 Å². The number of hydrogen-bond acceptors (Lipinski definition) is 4. The van der Waals surface area contributed by atoms with E-state index in [-0.39, 0.29) is 22.9 Å². The molecule has 0 spiro atoms. The number of nitrogens with one attached hydrogen (secondary N) is 2. The van der Waals surface area contributed by atoms with Gasteiger partial charge in [-0.1, -0.05) is 19.1 Å². The molecule has 0 aliphatic carbocycles. The van der Waals surface area contributed by atoms with Crippen LogP contribution in [0.2, 0.25) is 0 Å². The summed E-state index contributed by atoms with van der Waals surface area (Å²) in [6.07, 6.45) is 2.19. The van der Waals surface area contributed by atoms with Crippen molar-refractivity contribution in [2.45, 2.75) is 31.1 Å². The zero-order valence-corrected chi connectivity index (χ0v) is 18.1. The number of aryl methyl sites for hydroxylation is 1. The molecule has 2 N–H and O–H groups in total. The van der Waals surface area contributed by atoms with Crippen LogP contribution in [0.25, 0.3) is 10.9 Å². The van der Waals surface area contributed by atoms with Gasteiger partial charge in [0.1, 0.15) is 0 Å². The molecule has 1 aliphatic rings. The summed E-state index contributed by atoms with van der Waals surface area (Å²) in [4.78, 5) is 27.1. The predicted octanol–water partition coefficient (Wildman–Crippen LogP) is 3.13. The van der Waals surface area contributed by atoms with E-state index in [9.17, 15) is 18.0 Å². The molecule has 7 nitrogen and oxygen atoms in total. The molecule has 1 atom stereocenters. The topological polar surface area (TPSA) is 99.3 Å². The average Bonchev–Trinajstić information content (AvgIpc) is 2.79. The van der Waals surface area contributed by atoms with Crippen molar-refractivity contribution in [2.75, 3.05) is 18.4 Å². The largest absolute Gasteiger partial charge is 0.326 e. The molecule has 3 aromatic rings. The van der Waals surface area contributed by atoms with Gasteiger partial charge in [0.05, 0.1) is 10.8 Å². The van der Waals surface area contributed by atoms with Crippen molar-refractivity contribution in [3.8, 4) is 0 Å². The van der Waals surface area contributed by atoms with E-state index in [0.29, 0.717) is 36.0 Å². The number of nitrogens with zero attached hydrogens (tertiary/aromatic N) is 1. The third kappa shape index (κ3) is 4.55. The fourth-order valence-electron chi connectivity index (χ4n) is 3.88. The van der Waals surface area contributed by atoms with Crippen LogP contribution in [0, 0.1) is 5.92 Å². The lowest BCUT2D eigenvalue weighted by atomic mass is 9.98. The number of piperidine rings is 1. The number of rotatable bonds is 5. The van der Waals surface area contributed by atoms with E-state index in [1.807, 2.05) is 24.3 Å². The van der Waals surface area contributed by atoms with Crippen LogP contribution in [0.15, 0.2) is 64.3 Å². The number of benzene rings is 2. The maximum absolute atomic E-state index is 13.2. The van der Waals surface area contributed by atoms with Crippen molar-refractivity contribution in [3.05, 3.63) is 70.5 Å². The number of pyridine rings is 1. The third-order valence-corrected chi connectivity index (χ3v) is 7.58. The smallest absolute Gasteiger partial charge is 0.248 e. The zero-order valence-electron chi connectivity index (χ0n) is 17.3. The summed E-state index contributed by atoms with van der Waals surface area (Å²) in [7, 11) is -3.75. The Morgan fingerprint density at radius 3 is 2.65 bits per heavy atom. The summed E-state index contributed by atoms with van der Waals surface area (Å²) in [5.41, 5.74) is 2.24. The van der Waals surface area contributed by atoms with Crippen molar-refractivity contribution in [1.29, 1.82) is 0 Å². The van der Waals surface area contributed by atoms with Crippen LogP contribution >= 0.6 is 0 Å². The number of hydrogen-bond donors (Lipinski definition) is 2. The number of sulfonamides is 1. The number of anilines is 1. The Balaban J connectivity index is 1.50. The molecule has 1 aliphatic heterocycles. The van der Waals surface area contributed by atoms with Crippen LogP contribution in [-0.2, 0) is 21.2 Å². The van der Waals surface area contributed by atoms with Crippen LogP contribution in [0.3, 0.4) is 0 Å². The minimum absolute atomic E-state index is 0.144. The highest BCUT2D eigenvalue weighted by Gasteiger charge is 2.33. The summed E-state index contributed by atoms with van der Waals surface area (Å²) in [5.74, 6) is -0.577. The lowest BCUT2D eigenvalue weighted by Gasteiger charge is -2.31. The second kappa shape index (κ2) is 8.64. The number of fused-ring (bicyclic) bond motifs is 1. The van der Waals surface area contributed by atoms with Gasteiger partial charge in [0, 0.05) is 30.4 Å². The normalized spacial score (nSPS) is 17.5. The fourth-order valence-corrected chi connectivity index (χ4v) is 5.44. The molecule has 2 heterocycles. The molecule has 1 saturated heterocycles. The van der Waals surface area contributed by atoms with E-state index in [1.54, 1.807) is 18.2 Å². The van der Waals surface area contributed by atoms with E-state index in [1.165, 1.54) is 22.0 Å². The standard InChI is InChI=1S/C23H25N3O4S/c1-2-16-5-8-19(9-6-16)24-23(28)18-4-3-13-26(15-18)31(29,30)20-10-11-21-17(14-20)7-12-22(27)25-21/h5-12,14,18H,2-4,13,15H2,1H3,(H,24,28)(H,25,27)/t18-/m0/s1. The van der Waals surface area contributed by atoms with Crippen molar-refractivity contribution in [3.63, 3.8) is 0 Å². The minimum Gasteiger partial charge on any atom is -0.326 e. The van der Waals surface area contributed by atoms with Crippen LogP contribution in [0.5, 0.6) is 0 Å².